The standard InChI is InChI=1S/C17H26N4O2/c1-20-12-21(17(16(20)22)6-8-18-9-7-17)15-4-2-13(3-5-15)19-14-10-23-11-14/h4,14,18H,2-3,5-12H2,1H3. The van der Waals surface area contributed by atoms with Gasteiger partial charge in [0.1, 0.15) is 5.54 Å². The summed E-state index contributed by atoms with van der Waals surface area (Å²) in [6, 6.07) is 0.384. The summed E-state index contributed by atoms with van der Waals surface area (Å²) in [7, 11) is 1.93. The zero-order valence-electron chi connectivity index (χ0n) is 13.9. The summed E-state index contributed by atoms with van der Waals surface area (Å²) in [5.74, 6) is 0.297. The first-order valence-electron chi connectivity index (χ1n) is 8.75. The first-order valence-corrected chi connectivity index (χ1v) is 8.75. The smallest absolute Gasteiger partial charge is 0.249 e. The fraction of sp³-hybridized carbons (Fsp3) is 0.765. The fourth-order valence-electron chi connectivity index (χ4n) is 4.20. The minimum atomic E-state index is -0.303. The Bertz CT molecular complexity index is 547. The number of hydrogen-bond donors (Lipinski definition) is 1. The highest BCUT2D eigenvalue weighted by molar-refractivity contribution is 5.90. The number of piperidine rings is 1. The van der Waals surface area contributed by atoms with Gasteiger partial charge in [0.05, 0.1) is 25.9 Å². The van der Waals surface area contributed by atoms with Crippen molar-refractivity contribution >= 4 is 11.6 Å². The molecule has 3 fully saturated rings. The molecule has 0 aromatic carbocycles. The predicted octanol–water partition coefficient (Wildman–Crippen LogP) is 0.748. The number of carbonyl (C=O) groups excluding carboxylic acids is 1. The molecule has 4 rings (SSSR count). The van der Waals surface area contributed by atoms with Crippen LogP contribution in [-0.4, -0.2) is 73.0 Å². The second kappa shape index (κ2) is 5.91. The zero-order chi connectivity index (χ0) is 15.9. The van der Waals surface area contributed by atoms with E-state index in [4.69, 9.17) is 9.73 Å². The van der Waals surface area contributed by atoms with Gasteiger partial charge in [0.2, 0.25) is 5.91 Å². The number of nitrogens with zero attached hydrogens (tertiary/aromatic N) is 3. The minimum Gasteiger partial charge on any atom is -0.377 e. The Hall–Kier alpha value is -1.40. The molecule has 0 radical (unpaired) electrons. The van der Waals surface area contributed by atoms with Crippen LogP contribution < -0.4 is 5.32 Å². The van der Waals surface area contributed by atoms with Gasteiger partial charge in [-0.1, -0.05) is 6.08 Å². The van der Waals surface area contributed by atoms with Gasteiger partial charge in [0, 0.05) is 24.9 Å². The van der Waals surface area contributed by atoms with E-state index in [9.17, 15) is 4.79 Å². The van der Waals surface area contributed by atoms with Crippen molar-refractivity contribution in [1.82, 2.24) is 15.1 Å². The Morgan fingerprint density at radius 3 is 2.70 bits per heavy atom. The maximum atomic E-state index is 12.8. The van der Waals surface area contributed by atoms with E-state index in [0.29, 0.717) is 11.9 Å². The van der Waals surface area contributed by atoms with Crippen LogP contribution in [0.15, 0.2) is 16.8 Å². The lowest BCUT2D eigenvalue weighted by molar-refractivity contribution is -0.133. The summed E-state index contributed by atoms with van der Waals surface area (Å²) in [6.07, 6.45) is 7.07. The Labute approximate surface area is 137 Å². The first-order chi connectivity index (χ1) is 11.2. The molecule has 6 heteroatoms. The van der Waals surface area contributed by atoms with Gasteiger partial charge in [-0.25, -0.2) is 0 Å². The number of aliphatic imine (C=N–C) groups is 1. The molecule has 3 saturated heterocycles. The number of nitrogens with one attached hydrogen (secondary N) is 1. The van der Waals surface area contributed by atoms with E-state index in [0.717, 1.165) is 65.1 Å². The summed E-state index contributed by atoms with van der Waals surface area (Å²) < 4.78 is 5.20. The van der Waals surface area contributed by atoms with Gasteiger partial charge in [-0.15, -0.1) is 0 Å². The molecular formula is C17H26N4O2. The summed E-state index contributed by atoms with van der Waals surface area (Å²) >= 11 is 0. The molecule has 1 spiro atoms. The van der Waals surface area contributed by atoms with Crippen LogP contribution in [0.5, 0.6) is 0 Å². The highest BCUT2D eigenvalue weighted by atomic mass is 16.5. The van der Waals surface area contributed by atoms with E-state index < -0.39 is 0 Å². The lowest BCUT2D eigenvalue weighted by atomic mass is 9.85. The summed E-state index contributed by atoms with van der Waals surface area (Å²) in [6.45, 7) is 4.15. The van der Waals surface area contributed by atoms with Crippen molar-refractivity contribution in [1.29, 1.82) is 0 Å². The molecule has 1 amide bonds. The molecule has 0 aromatic heterocycles. The monoisotopic (exact) mass is 318 g/mol. The molecule has 3 heterocycles. The maximum Gasteiger partial charge on any atom is 0.249 e. The average molecular weight is 318 g/mol. The summed E-state index contributed by atoms with van der Waals surface area (Å²) in [5, 5.41) is 3.39. The second-order valence-electron chi connectivity index (χ2n) is 7.14. The highest BCUT2D eigenvalue weighted by Gasteiger charge is 2.52. The van der Waals surface area contributed by atoms with Crippen molar-refractivity contribution in [2.45, 2.75) is 43.7 Å². The largest absolute Gasteiger partial charge is 0.377 e. The quantitative estimate of drug-likeness (QED) is 0.816. The lowest BCUT2D eigenvalue weighted by Gasteiger charge is -2.42. The van der Waals surface area contributed by atoms with Crippen molar-refractivity contribution in [3.63, 3.8) is 0 Å². The van der Waals surface area contributed by atoms with E-state index in [-0.39, 0.29) is 5.54 Å². The topological polar surface area (TPSA) is 57.2 Å². The van der Waals surface area contributed by atoms with Gasteiger partial charge >= 0.3 is 0 Å². The van der Waals surface area contributed by atoms with Gasteiger partial charge in [-0.3, -0.25) is 9.79 Å². The lowest BCUT2D eigenvalue weighted by Crippen LogP contribution is -2.55. The fourth-order valence-corrected chi connectivity index (χ4v) is 4.20. The molecule has 0 unspecified atom stereocenters. The van der Waals surface area contributed by atoms with Crippen LogP contribution in [0.3, 0.4) is 0 Å². The molecule has 1 N–H and O–H groups in total. The Kier molecular flexibility index (Phi) is 3.89. The average Bonchev–Trinajstić information content (AvgIpc) is 2.78. The Morgan fingerprint density at radius 2 is 2.09 bits per heavy atom. The molecule has 23 heavy (non-hydrogen) atoms. The number of carbonyl (C=O) groups is 1. The first kappa shape index (κ1) is 15.1. The molecule has 0 bridgehead atoms. The van der Waals surface area contributed by atoms with E-state index in [1.54, 1.807) is 0 Å². The van der Waals surface area contributed by atoms with Crippen LogP contribution in [0.2, 0.25) is 0 Å². The van der Waals surface area contributed by atoms with Gasteiger partial charge in [0.15, 0.2) is 0 Å². The molecule has 126 valence electrons. The van der Waals surface area contributed by atoms with E-state index in [1.807, 2.05) is 11.9 Å². The number of hydrogen-bond acceptors (Lipinski definition) is 5. The number of allylic oxidation sites excluding steroid dienone is 2. The second-order valence-corrected chi connectivity index (χ2v) is 7.14. The minimum absolute atomic E-state index is 0.297. The number of amides is 1. The third-order valence-corrected chi connectivity index (χ3v) is 5.62. The van der Waals surface area contributed by atoms with E-state index in [2.05, 4.69) is 16.3 Å². The molecule has 4 aliphatic rings. The highest BCUT2D eigenvalue weighted by Crippen LogP contribution is 2.38. The Balaban J connectivity index is 1.52. The normalized spacial score (nSPS) is 30.0. The summed E-state index contributed by atoms with van der Waals surface area (Å²) in [5.41, 5.74) is 2.33. The van der Waals surface area contributed by atoms with Gasteiger partial charge in [0.25, 0.3) is 0 Å². The molecule has 1 aliphatic carbocycles. The van der Waals surface area contributed by atoms with Crippen LogP contribution in [0.25, 0.3) is 0 Å². The molecular weight excluding hydrogens is 292 g/mol. The van der Waals surface area contributed by atoms with Crippen molar-refractivity contribution in [3.05, 3.63) is 11.8 Å². The van der Waals surface area contributed by atoms with Crippen molar-refractivity contribution in [2.24, 2.45) is 4.99 Å². The van der Waals surface area contributed by atoms with Crippen LogP contribution >= 0.6 is 0 Å². The Morgan fingerprint density at radius 1 is 1.30 bits per heavy atom. The molecule has 6 nitrogen and oxygen atoms in total. The third kappa shape index (κ3) is 2.58. The summed E-state index contributed by atoms with van der Waals surface area (Å²) in [4.78, 5) is 21.8. The third-order valence-electron chi connectivity index (χ3n) is 5.62. The van der Waals surface area contributed by atoms with Crippen LogP contribution in [0.4, 0.5) is 0 Å². The zero-order valence-corrected chi connectivity index (χ0v) is 13.9. The van der Waals surface area contributed by atoms with Crippen LogP contribution in [0.1, 0.15) is 32.1 Å². The number of likely N-dealkylation sites (N-methyl/N-ethyl adjacent to an activating group) is 1. The molecule has 0 atom stereocenters. The van der Waals surface area contributed by atoms with Crippen LogP contribution in [0, 0.1) is 0 Å². The van der Waals surface area contributed by atoms with Crippen molar-refractivity contribution < 1.29 is 9.53 Å². The predicted molar refractivity (Wildman–Crippen MR) is 88.3 cm³/mol. The van der Waals surface area contributed by atoms with Crippen molar-refractivity contribution in [3.8, 4) is 0 Å². The van der Waals surface area contributed by atoms with Gasteiger partial charge in [-0.05, 0) is 38.8 Å². The van der Waals surface area contributed by atoms with E-state index >= 15 is 0 Å². The van der Waals surface area contributed by atoms with Crippen LogP contribution in [-0.2, 0) is 9.53 Å². The van der Waals surface area contributed by atoms with E-state index in [1.165, 1.54) is 11.4 Å². The maximum absolute atomic E-state index is 12.8. The SMILES string of the molecule is CN1CN(C2=CCC(=NC3COC3)CC2)C2(CCNCC2)C1=O. The van der Waals surface area contributed by atoms with Gasteiger partial charge in [-0.2, -0.15) is 0 Å². The molecule has 0 aromatic rings. The molecule has 3 aliphatic heterocycles. The molecule has 0 saturated carbocycles. The number of ether oxygens (including phenoxy) is 1. The van der Waals surface area contributed by atoms with Crippen molar-refractivity contribution in [2.75, 3.05) is 40.0 Å². The van der Waals surface area contributed by atoms with Gasteiger partial charge < -0.3 is 19.9 Å². The number of rotatable bonds is 2.